The van der Waals surface area contributed by atoms with Crippen molar-refractivity contribution in [1.82, 2.24) is 9.71 Å². The molecule has 0 fully saturated rings. The van der Waals surface area contributed by atoms with Crippen LogP contribution in [0.15, 0.2) is 33.3 Å². The van der Waals surface area contributed by atoms with E-state index in [0.717, 1.165) is 17.4 Å². The third kappa shape index (κ3) is 3.57. The first-order chi connectivity index (χ1) is 9.79. The molecule has 0 amide bonds. The predicted octanol–water partition coefficient (Wildman–Crippen LogP) is 0.922. The Morgan fingerprint density at radius 3 is 2.71 bits per heavy atom. The van der Waals surface area contributed by atoms with E-state index in [2.05, 4.69) is 9.71 Å². The number of aromatic amines is 1. The Morgan fingerprint density at radius 2 is 2.14 bits per heavy atom. The SMILES string of the molecule is Cc1ccc(S(=O)(=O)NCc2csc(=O)[nH]2)cc1C(=O)O. The molecule has 9 heteroatoms. The van der Waals surface area contributed by atoms with Crippen molar-refractivity contribution in [2.45, 2.75) is 18.4 Å². The highest BCUT2D eigenvalue weighted by molar-refractivity contribution is 7.89. The zero-order valence-electron chi connectivity index (χ0n) is 10.9. The maximum atomic E-state index is 12.1. The van der Waals surface area contributed by atoms with Crippen LogP contribution in [0, 0.1) is 6.92 Å². The van der Waals surface area contributed by atoms with Gasteiger partial charge in [0.15, 0.2) is 0 Å². The zero-order chi connectivity index (χ0) is 15.6. The number of hydrogen-bond donors (Lipinski definition) is 3. The molecular formula is C12H12N2O5S2. The van der Waals surface area contributed by atoms with Crippen LogP contribution in [0.1, 0.15) is 21.6 Å². The molecular weight excluding hydrogens is 316 g/mol. The van der Waals surface area contributed by atoms with Gasteiger partial charge in [-0.15, -0.1) is 0 Å². The van der Waals surface area contributed by atoms with Crippen molar-refractivity contribution >= 4 is 27.3 Å². The van der Waals surface area contributed by atoms with Crippen LogP contribution < -0.4 is 9.60 Å². The number of carbonyl (C=O) groups is 1. The molecule has 21 heavy (non-hydrogen) atoms. The smallest absolute Gasteiger partial charge is 0.335 e. The first-order valence-corrected chi connectivity index (χ1v) is 8.16. The Morgan fingerprint density at radius 1 is 1.43 bits per heavy atom. The fraction of sp³-hybridized carbons (Fsp3) is 0.167. The lowest BCUT2D eigenvalue weighted by Crippen LogP contribution is -2.24. The Bertz CT molecular complexity index is 835. The number of nitrogens with one attached hydrogen (secondary N) is 2. The zero-order valence-corrected chi connectivity index (χ0v) is 12.5. The summed E-state index contributed by atoms with van der Waals surface area (Å²) in [4.78, 5) is 24.1. The summed E-state index contributed by atoms with van der Waals surface area (Å²) >= 11 is 0.935. The number of aromatic carboxylic acids is 1. The van der Waals surface area contributed by atoms with E-state index in [1.165, 1.54) is 17.5 Å². The first kappa shape index (κ1) is 15.4. The van der Waals surface area contributed by atoms with Gasteiger partial charge in [-0.3, -0.25) is 4.79 Å². The highest BCUT2D eigenvalue weighted by Crippen LogP contribution is 2.16. The molecule has 0 bridgehead atoms. The highest BCUT2D eigenvalue weighted by Gasteiger charge is 2.17. The van der Waals surface area contributed by atoms with Gasteiger partial charge in [0.1, 0.15) is 0 Å². The van der Waals surface area contributed by atoms with Crippen molar-refractivity contribution in [2.75, 3.05) is 0 Å². The lowest BCUT2D eigenvalue weighted by Gasteiger charge is -2.08. The van der Waals surface area contributed by atoms with Crippen molar-refractivity contribution < 1.29 is 18.3 Å². The molecule has 0 unspecified atom stereocenters. The molecule has 1 heterocycles. The molecule has 0 saturated carbocycles. The van der Waals surface area contributed by atoms with E-state index < -0.39 is 16.0 Å². The largest absolute Gasteiger partial charge is 0.478 e. The van der Waals surface area contributed by atoms with E-state index in [0.29, 0.717) is 11.3 Å². The minimum absolute atomic E-state index is 0.0678. The van der Waals surface area contributed by atoms with Crippen LogP contribution in [0.25, 0.3) is 0 Å². The number of thiazole rings is 1. The average molecular weight is 328 g/mol. The Hall–Kier alpha value is -1.97. The maximum absolute atomic E-state index is 12.1. The van der Waals surface area contributed by atoms with Crippen molar-refractivity contribution in [3.8, 4) is 0 Å². The van der Waals surface area contributed by atoms with Crippen molar-refractivity contribution in [3.05, 3.63) is 50.1 Å². The van der Waals surface area contributed by atoms with E-state index in [1.54, 1.807) is 6.92 Å². The summed E-state index contributed by atoms with van der Waals surface area (Å²) in [6.07, 6.45) is 0. The number of carboxylic acids is 1. The van der Waals surface area contributed by atoms with Gasteiger partial charge in [0.25, 0.3) is 0 Å². The second-order valence-corrected chi connectivity index (χ2v) is 6.89. The molecule has 0 aliphatic rings. The summed E-state index contributed by atoms with van der Waals surface area (Å²) < 4.78 is 26.5. The number of benzene rings is 1. The quantitative estimate of drug-likeness (QED) is 0.754. The van der Waals surface area contributed by atoms with E-state index in [9.17, 15) is 18.0 Å². The molecule has 112 valence electrons. The summed E-state index contributed by atoms with van der Waals surface area (Å²) in [5.74, 6) is -1.19. The molecule has 7 nitrogen and oxygen atoms in total. The van der Waals surface area contributed by atoms with E-state index in [4.69, 9.17) is 5.11 Å². The Kier molecular flexibility index (Phi) is 4.26. The molecule has 0 spiro atoms. The summed E-state index contributed by atoms with van der Waals surface area (Å²) in [5.41, 5.74) is 0.851. The monoisotopic (exact) mass is 328 g/mol. The fourth-order valence-corrected chi connectivity index (χ4v) is 3.27. The predicted molar refractivity (Wildman–Crippen MR) is 77.1 cm³/mol. The normalized spacial score (nSPS) is 11.5. The van der Waals surface area contributed by atoms with Crippen LogP contribution in [-0.4, -0.2) is 24.5 Å². The van der Waals surface area contributed by atoms with Crippen LogP contribution in [0.5, 0.6) is 0 Å². The van der Waals surface area contributed by atoms with Crippen LogP contribution in [0.4, 0.5) is 0 Å². The molecule has 1 aromatic heterocycles. The van der Waals surface area contributed by atoms with Gasteiger partial charge >= 0.3 is 10.8 Å². The average Bonchev–Trinajstić information content (AvgIpc) is 2.82. The standard InChI is InChI=1S/C12H12N2O5S2/c1-7-2-3-9(4-10(7)11(15)16)21(18,19)13-5-8-6-20-12(17)14-8/h2-4,6,13H,5H2,1H3,(H,14,17)(H,15,16). The lowest BCUT2D eigenvalue weighted by molar-refractivity contribution is 0.0696. The maximum Gasteiger partial charge on any atom is 0.335 e. The van der Waals surface area contributed by atoms with Crippen molar-refractivity contribution in [1.29, 1.82) is 0 Å². The molecule has 0 aliphatic heterocycles. The minimum atomic E-state index is -3.85. The third-order valence-electron chi connectivity index (χ3n) is 2.77. The number of carboxylic acid groups (broad SMARTS) is 1. The second kappa shape index (κ2) is 5.80. The lowest BCUT2D eigenvalue weighted by atomic mass is 10.1. The molecule has 0 aliphatic carbocycles. The van der Waals surface area contributed by atoms with E-state index in [-0.39, 0.29) is 21.9 Å². The van der Waals surface area contributed by atoms with Gasteiger partial charge in [0, 0.05) is 11.1 Å². The molecule has 2 aromatic rings. The summed E-state index contributed by atoms with van der Waals surface area (Å²) in [6.45, 7) is 1.51. The summed E-state index contributed by atoms with van der Waals surface area (Å²) in [6, 6.07) is 3.88. The second-order valence-electron chi connectivity index (χ2n) is 4.28. The fourth-order valence-electron chi connectivity index (χ4n) is 1.66. The molecule has 0 atom stereocenters. The number of H-pyrrole nitrogens is 1. The molecule has 0 radical (unpaired) electrons. The van der Waals surface area contributed by atoms with E-state index in [1.807, 2.05) is 0 Å². The molecule has 1 aromatic carbocycles. The number of aryl methyl sites for hydroxylation is 1. The summed E-state index contributed by atoms with van der Waals surface area (Å²) in [5, 5.41) is 10.5. The molecule has 2 rings (SSSR count). The molecule has 0 saturated heterocycles. The third-order valence-corrected chi connectivity index (χ3v) is 4.89. The van der Waals surface area contributed by atoms with Gasteiger partial charge in [0.05, 0.1) is 17.0 Å². The van der Waals surface area contributed by atoms with E-state index >= 15 is 0 Å². The highest BCUT2D eigenvalue weighted by atomic mass is 32.2. The Balaban J connectivity index is 2.25. The van der Waals surface area contributed by atoms with Crippen LogP contribution in [-0.2, 0) is 16.6 Å². The van der Waals surface area contributed by atoms with Gasteiger partial charge in [-0.05, 0) is 24.6 Å². The number of hydrogen-bond acceptors (Lipinski definition) is 5. The van der Waals surface area contributed by atoms with Gasteiger partial charge in [-0.2, -0.15) is 0 Å². The first-order valence-electron chi connectivity index (χ1n) is 5.80. The number of sulfonamides is 1. The molecule has 3 N–H and O–H groups in total. The van der Waals surface area contributed by atoms with Gasteiger partial charge in [0.2, 0.25) is 10.0 Å². The number of aromatic nitrogens is 1. The van der Waals surface area contributed by atoms with Crippen LogP contribution in [0.3, 0.4) is 0 Å². The minimum Gasteiger partial charge on any atom is -0.478 e. The van der Waals surface area contributed by atoms with Gasteiger partial charge < -0.3 is 10.1 Å². The van der Waals surface area contributed by atoms with Crippen molar-refractivity contribution in [3.63, 3.8) is 0 Å². The Labute approximate surface area is 124 Å². The van der Waals surface area contributed by atoms with Gasteiger partial charge in [-0.1, -0.05) is 17.4 Å². The number of rotatable bonds is 5. The topological polar surface area (TPSA) is 116 Å². The van der Waals surface area contributed by atoms with Gasteiger partial charge in [-0.25, -0.2) is 17.9 Å². The van der Waals surface area contributed by atoms with Crippen molar-refractivity contribution in [2.24, 2.45) is 0 Å². The van der Waals surface area contributed by atoms with Crippen LogP contribution >= 0.6 is 11.3 Å². The summed E-state index contributed by atoms with van der Waals surface area (Å²) in [7, 11) is -3.85. The van der Waals surface area contributed by atoms with Crippen LogP contribution in [0.2, 0.25) is 0 Å².